The summed E-state index contributed by atoms with van der Waals surface area (Å²) in [5, 5.41) is 3.65. The molecule has 1 saturated carbocycles. The van der Waals surface area contributed by atoms with Crippen molar-refractivity contribution in [1.82, 2.24) is 10.2 Å². The van der Waals surface area contributed by atoms with Gasteiger partial charge in [-0.25, -0.2) is 0 Å². The highest BCUT2D eigenvalue weighted by Gasteiger charge is 2.29. The zero-order chi connectivity index (χ0) is 12.9. The van der Waals surface area contributed by atoms with Crippen LogP contribution in [0.5, 0.6) is 0 Å². The first-order valence-electron chi connectivity index (χ1n) is 7.91. The van der Waals surface area contributed by atoms with Crippen LogP contribution in [0.2, 0.25) is 0 Å². The molecule has 1 N–H and O–H groups in total. The Morgan fingerprint density at radius 3 is 2.89 bits per heavy atom. The molecule has 0 bridgehead atoms. The molecule has 2 heterocycles. The molecule has 3 rings (SSSR count). The molecule has 1 saturated heterocycles. The second kappa shape index (κ2) is 6.58. The molecule has 2 fully saturated rings. The highest BCUT2D eigenvalue weighted by atomic mass is 16.3. The zero-order valence-electron chi connectivity index (χ0n) is 11.8. The highest BCUT2D eigenvalue weighted by Crippen LogP contribution is 2.28. The second-order valence-corrected chi connectivity index (χ2v) is 6.07. The molecule has 1 unspecified atom stereocenters. The molecule has 0 aromatic carbocycles. The number of furan rings is 1. The van der Waals surface area contributed by atoms with E-state index in [1.54, 1.807) is 6.26 Å². The van der Waals surface area contributed by atoms with Crippen molar-refractivity contribution in [2.45, 2.75) is 63.6 Å². The maximum atomic E-state index is 5.48. The van der Waals surface area contributed by atoms with Crippen LogP contribution in [0.25, 0.3) is 0 Å². The summed E-state index contributed by atoms with van der Waals surface area (Å²) in [5.41, 5.74) is 0. The maximum Gasteiger partial charge on any atom is 0.117 e. The van der Waals surface area contributed by atoms with Crippen molar-refractivity contribution in [1.29, 1.82) is 0 Å². The third-order valence-electron chi connectivity index (χ3n) is 4.41. The fourth-order valence-electron chi connectivity index (χ4n) is 3.14. The molecule has 19 heavy (non-hydrogen) atoms. The molecule has 3 nitrogen and oxygen atoms in total. The van der Waals surface area contributed by atoms with Crippen molar-refractivity contribution in [3.63, 3.8) is 0 Å². The Morgan fingerprint density at radius 1 is 1.26 bits per heavy atom. The lowest BCUT2D eigenvalue weighted by Gasteiger charge is -2.25. The van der Waals surface area contributed by atoms with Gasteiger partial charge in [0.25, 0.3) is 0 Å². The molecular weight excluding hydrogens is 236 g/mol. The van der Waals surface area contributed by atoms with E-state index in [4.69, 9.17) is 4.42 Å². The summed E-state index contributed by atoms with van der Waals surface area (Å²) < 4.78 is 5.48. The lowest BCUT2D eigenvalue weighted by Crippen LogP contribution is -2.35. The summed E-state index contributed by atoms with van der Waals surface area (Å²) in [7, 11) is 0. The lowest BCUT2D eigenvalue weighted by molar-refractivity contribution is 0.223. The van der Waals surface area contributed by atoms with Crippen LogP contribution >= 0.6 is 0 Å². The van der Waals surface area contributed by atoms with Gasteiger partial charge < -0.3 is 9.73 Å². The second-order valence-electron chi connectivity index (χ2n) is 6.07. The summed E-state index contributed by atoms with van der Waals surface area (Å²) in [5.74, 6) is 1.11. The van der Waals surface area contributed by atoms with Crippen LogP contribution in [0.3, 0.4) is 0 Å². The zero-order valence-corrected chi connectivity index (χ0v) is 11.8. The molecule has 1 aliphatic carbocycles. The SMILES string of the molecule is c1coc(CN(CCCC2CCCCN2)C2CC2)c1. The molecule has 1 atom stereocenters. The van der Waals surface area contributed by atoms with Crippen molar-refractivity contribution in [2.24, 2.45) is 0 Å². The molecule has 2 aliphatic rings. The summed E-state index contributed by atoms with van der Waals surface area (Å²) in [6.45, 7) is 3.45. The molecule has 0 amide bonds. The Hall–Kier alpha value is -0.800. The predicted molar refractivity (Wildman–Crippen MR) is 77.0 cm³/mol. The van der Waals surface area contributed by atoms with Crippen molar-refractivity contribution < 1.29 is 4.42 Å². The highest BCUT2D eigenvalue weighted by molar-refractivity contribution is 4.99. The molecule has 0 radical (unpaired) electrons. The first kappa shape index (κ1) is 13.2. The van der Waals surface area contributed by atoms with Crippen molar-refractivity contribution >= 4 is 0 Å². The van der Waals surface area contributed by atoms with Crippen LogP contribution < -0.4 is 5.32 Å². The molecule has 106 valence electrons. The average molecular weight is 262 g/mol. The minimum atomic E-state index is 0.776. The largest absolute Gasteiger partial charge is 0.468 e. The van der Waals surface area contributed by atoms with Crippen LogP contribution in [-0.2, 0) is 6.54 Å². The van der Waals surface area contributed by atoms with Gasteiger partial charge in [-0.2, -0.15) is 0 Å². The van der Waals surface area contributed by atoms with Crippen LogP contribution in [0.1, 0.15) is 50.7 Å². The van der Waals surface area contributed by atoms with Gasteiger partial charge in [0.15, 0.2) is 0 Å². The van der Waals surface area contributed by atoms with Gasteiger partial charge in [0, 0.05) is 12.1 Å². The monoisotopic (exact) mass is 262 g/mol. The van der Waals surface area contributed by atoms with Gasteiger partial charge in [-0.05, 0) is 63.7 Å². The summed E-state index contributed by atoms with van der Waals surface area (Å²) >= 11 is 0. The summed E-state index contributed by atoms with van der Waals surface area (Å²) in [4.78, 5) is 2.61. The van der Waals surface area contributed by atoms with Crippen LogP contribution in [-0.4, -0.2) is 30.1 Å². The Balaban J connectivity index is 1.40. The quantitative estimate of drug-likeness (QED) is 0.818. The minimum Gasteiger partial charge on any atom is -0.468 e. The maximum absolute atomic E-state index is 5.48. The Labute approximate surface area is 116 Å². The lowest BCUT2D eigenvalue weighted by atomic mass is 10.0. The van der Waals surface area contributed by atoms with E-state index in [0.29, 0.717) is 0 Å². The summed E-state index contributed by atoms with van der Waals surface area (Å²) in [6, 6.07) is 5.69. The smallest absolute Gasteiger partial charge is 0.117 e. The standard InChI is InChI=1S/C16H26N2O/c1-2-10-17-14(5-1)6-3-11-18(15-8-9-15)13-16-7-4-12-19-16/h4,7,12,14-15,17H,1-3,5-6,8-11,13H2. The van der Waals surface area contributed by atoms with Crippen molar-refractivity contribution in [2.75, 3.05) is 13.1 Å². The number of hydrogen-bond donors (Lipinski definition) is 1. The van der Waals surface area contributed by atoms with Gasteiger partial charge >= 0.3 is 0 Å². The van der Waals surface area contributed by atoms with E-state index in [2.05, 4.69) is 16.3 Å². The molecule has 1 aromatic rings. The molecular formula is C16H26N2O. The van der Waals surface area contributed by atoms with Gasteiger partial charge in [-0.1, -0.05) is 6.42 Å². The van der Waals surface area contributed by atoms with Crippen molar-refractivity contribution in [3.8, 4) is 0 Å². The van der Waals surface area contributed by atoms with E-state index in [0.717, 1.165) is 24.4 Å². The predicted octanol–water partition coefficient (Wildman–Crippen LogP) is 3.17. The van der Waals surface area contributed by atoms with Gasteiger partial charge in [0.2, 0.25) is 0 Å². The van der Waals surface area contributed by atoms with Gasteiger partial charge in [0.1, 0.15) is 5.76 Å². The summed E-state index contributed by atoms with van der Waals surface area (Å²) in [6.07, 6.45) is 11.3. The van der Waals surface area contributed by atoms with Crippen LogP contribution in [0, 0.1) is 0 Å². The van der Waals surface area contributed by atoms with Crippen molar-refractivity contribution in [3.05, 3.63) is 24.2 Å². The Morgan fingerprint density at radius 2 is 2.21 bits per heavy atom. The van der Waals surface area contributed by atoms with Gasteiger partial charge in [0.05, 0.1) is 12.8 Å². The normalized spacial score (nSPS) is 23.9. The van der Waals surface area contributed by atoms with Gasteiger partial charge in [-0.15, -0.1) is 0 Å². The minimum absolute atomic E-state index is 0.776. The van der Waals surface area contributed by atoms with Crippen LogP contribution in [0.4, 0.5) is 0 Å². The number of nitrogens with zero attached hydrogens (tertiary/aromatic N) is 1. The number of rotatable bonds is 7. The van der Waals surface area contributed by atoms with Gasteiger partial charge in [-0.3, -0.25) is 4.90 Å². The van der Waals surface area contributed by atoms with E-state index in [9.17, 15) is 0 Å². The van der Waals surface area contributed by atoms with E-state index < -0.39 is 0 Å². The Kier molecular flexibility index (Phi) is 4.57. The van der Waals surface area contributed by atoms with E-state index in [-0.39, 0.29) is 0 Å². The first-order valence-corrected chi connectivity index (χ1v) is 7.91. The van der Waals surface area contributed by atoms with Crippen LogP contribution in [0.15, 0.2) is 22.8 Å². The van der Waals surface area contributed by atoms with E-state index in [1.165, 1.54) is 58.0 Å². The number of nitrogens with one attached hydrogen (secondary N) is 1. The van der Waals surface area contributed by atoms with E-state index >= 15 is 0 Å². The average Bonchev–Trinajstić information content (AvgIpc) is 3.17. The fraction of sp³-hybridized carbons (Fsp3) is 0.750. The molecule has 1 aromatic heterocycles. The topological polar surface area (TPSA) is 28.4 Å². The third kappa shape index (κ3) is 4.08. The molecule has 1 aliphatic heterocycles. The first-order chi connectivity index (χ1) is 9.42. The number of hydrogen-bond acceptors (Lipinski definition) is 3. The molecule has 0 spiro atoms. The third-order valence-corrected chi connectivity index (χ3v) is 4.41. The molecule has 3 heteroatoms. The number of piperidine rings is 1. The fourth-order valence-corrected chi connectivity index (χ4v) is 3.14. The van der Waals surface area contributed by atoms with E-state index in [1.807, 2.05) is 6.07 Å². The Bertz CT molecular complexity index is 353.